The number of nitrogens with one attached hydrogen (secondary N) is 2. The van der Waals surface area contributed by atoms with Crippen LogP contribution in [0.5, 0.6) is 0 Å². The second kappa shape index (κ2) is 20.6. The predicted molar refractivity (Wildman–Crippen MR) is 193 cm³/mol. The lowest BCUT2D eigenvalue weighted by atomic mass is 9.92. The van der Waals surface area contributed by atoms with E-state index in [9.17, 15) is 37.2 Å². The number of benzene rings is 1. The molecule has 0 fully saturated rings. The van der Waals surface area contributed by atoms with Crippen LogP contribution in [0.2, 0.25) is 0 Å². The van der Waals surface area contributed by atoms with Gasteiger partial charge in [0.2, 0.25) is 11.8 Å². The molecule has 1 heterocycles. The molecule has 0 spiro atoms. The molecule has 3 N–H and O–H groups in total. The minimum absolute atomic E-state index is 0.0447. The van der Waals surface area contributed by atoms with Crippen LogP contribution in [0.4, 0.5) is 5.69 Å². The van der Waals surface area contributed by atoms with Gasteiger partial charge in [-0.15, -0.1) is 0 Å². The Morgan fingerprint density at radius 1 is 0.981 bits per heavy atom. The van der Waals surface area contributed by atoms with Gasteiger partial charge in [0, 0.05) is 60.9 Å². The molecule has 15 heteroatoms. The summed E-state index contributed by atoms with van der Waals surface area (Å²) < 4.78 is 41.3. The summed E-state index contributed by atoms with van der Waals surface area (Å²) in [6.07, 6.45) is 4.29. The number of rotatable bonds is 20. The molecule has 1 aromatic carbocycles. The molecule has 14 nitrogen and oxygen atoms in total. The smallest absolute Gasteiger partial charge is 0.311 e. The number of ketones is 1. The monoisotopic (exact) mass is 745 g/mol. The van der Waals surface area contributed by atoms with E-state index in [1.807, 2.05) is 0 Å². The van der Waals surface area contributed by atoms with E-state index < -0.39 is 45.1 Å². The van der Waals surface area contributed by atoms with Gasteiger partial charge in [-0.25, -0.2) is 0 Å². The number of anilines is 1. The van der Waals surface area contributed by atoms with E-state index in [1.165, 1.54) is 12.2 Å². The maximum absolute atomic E-state index is 13.2. The summed E-state index contributed by atoms with van der Waals surface area (Å²) in [5.41, 5.74) is 0.681. The summed E-state index contributed by atoms with van der Waals surface area (Å²) in [4.78, 5) is 75.9. The van der Waals surface area contributed by atoms with Crippen LogP contribution < -0.4 is 10.6 Å². The van der Waals surface area contributed by atoms with Gasteiger partial charge in [-0.1, -0.05) is 45.1 Å². The number of hydrogen-bond donors (Lipinski definition) is 3. The van der Waals surface area contributed by atoms with Gasteiger partial charge in [0.05, 0.1) is 17.2 Å². The molecule has 0 saturated heterocycles. The van der Waals surface area contributed by atoms with Gasteiger partial charge in [0.1, 0.15) is 13.2 Å². The van der Waals surface area contributed by atoms with Crippen molar-refractivity contribution in [3.05, 3.63) is 41.5 Å². The Morgan fingerprint density at radius 2 is 1.65 bits per heavy atom. The summed E-state index contributed by atoms with van der Waals surface area (Å²) in [5, 5.41) is 5.59. The summed E-state index contributed by atoms with van der Waals surface area (Å²) in [6.45, 7) is 10.6. The molecule has 1 aliphatic heterocycles. The number of ether oxygens (including phenoxy) is 2. The van der Waals surface area contributed by atoms with E-state index in [0.717, 1.165) is 4.90 Å². The van der Waals surface area contributed by atoms with E-state index in [-0.39, 0.29) is 75.1 Å². The second-order valence-corrected chi connectivity index (χ2v) is 15.6. The third-order valence-corrected chi connectivity index (χ3v) is 8.71. The summed E-state index contributed by atoms with van der Waals surface area (Å²) in [5.74, 6) is 2.23. The van der Waals surface area contributed by atoms with Crippen molar-refractivity contribution >= 4 is 51.2 Å². The van der Waals surface area contributed by atoms with Crippen LogP contribution in [0, 0.1) is 29.1 Å². The molecule has 4 amide bonds. The van der Waals surface area contributed by atoms with E-state index in [4.69, 9.17) is 14.0 Å². The Morgan fingerprint density at radius 3 is 2.27 bits per heavy atom. The van der Waals surface area contributed by atoms with Crippen LogP contribution in [0.15, 0.2) is 30.4 Å². The van der Waals surface area contributed by atoms with Crippen LogP contribution in [0.3, 0.4) is 0 Å². The van der Waals surface area contributed by atoms with Gasteiger partial charge in [0.25, 0.3) is 21.9 Å². The Bertz CT molecular complexity index is 1650. The van der Waals surface area contributed by atoms with Crippen molar-refractivity contribution in [2.24, 2.45) is 17.3 Å². The van der Waals surface area contributed by atoms with E-state index in [1.54, 1.807) is 59.7 Å². The zero-order valence-electron chi connectivity index (χ0n) is 30.8. The highest BCUT2D eigenvalue weighted by molar-refractivity contribution is 7.85. The van der Waals surface area contributed by atoms with Crippen LogP contribution in [0.25, 0.3) is 0 Å². The zero-order valence-corrected chi connectivity index (χ0v) is 31.6. The van der Waals surface area contributed by atoms with Crippen LogP contribution >= 0.6 is 0 Å². The average molecular weight is 746 g/mol. The van der Waals surface area contributed by atoms with Crippen LogP contribution in [0.1, 0.15) is 91.2 Å². The molecule has 0 aromatic heterocycles. The first kappa shape index (κ1) is 43.8. The quantitative estimate of drug-likeness (QED) is 0.0579. The van der Waals surface area contributed by atoms with Crippen molar-refractivity contribution in [3.63, 3.8) is 0 Å². The van der Waals surface area contributed by atoms with Crippen LogP contribution in [-0.2, 0) is 55.0 Å². The maximum atomic E-state index is 13.2. The SMILES string of the molecule is CC(C)[C@H](NC(=O)CCCCCN1C(=O)C=CC1=O)C(=O)C[C@@H](C)C(=O)Nc1ccc(COC(=O)C(C)(C)C)c(C#CCOCCCS(=O)(=O)O)c1. The minimum atomic E-state index is -4.08. The molecule has 2 rings (SSSR count). The fourth-order valence-electron chi connectivity index (χ4n) is 4.89. The normalized spacial score (nSPS) is 14.1. The number of Topliss-reactive ketones (excluding diaryl/α,β-unsaturated/α-hetero) is 1. The Hall–Kier alpha value is -4.39. The molecule has 0 bridgehead atoms. The standard InChI is InChI=1S/C37H51N3O11S/c1-25(2)34(39-31(42)13-8-7-9-18-40-32(43)16-17-33(40)44)30(41)22-26(3)35(45)38-29-15-14-28(24-51-36(46)37(4,5)6)27(23-29)12-10-19-50-20-11-21-52(47,48)49/h14-17,23,25-26,34H,7-9,11,13,18-22,24H2,1-6H3,(H,38,45)(H,39,42)(H,47,48,49)/t26-,34+/m1/s1. The highest BCUT2D eigenvalue weighted by Gasteiger charge is 2.28. The number of esters is 1. The van der Waals surface area contributed by atoms with Gasteiger partial charge in [0.15, 0.2) is 5.78 Å². The lowest BCUT2D eigenvalue weighted by Gasteiger charge is -2.23. The largest absolute Gasteiger partial charge is 0.460 e. The van der Waals surface area contributed by atoms with Gasteiger partial charge in [-0.05, 0) is 58.1 Å². The lowest BCUT2D eigenvalue weighted by molar-refractivity contribution is -0.154. The molecule has 0 radical (unpaired) electrons. The second-order valence-electron chi connectivity index (χ2n) is 14.0. The first-order chi connectivity index (χ1) is 24.3. The van der Waals surface area contributed by atoms with Crippen molar-refractivity contribution in [1.82, 2.24) is 10.2 Å². The molecule has 2 atom stereocenters. The number of hydrogen-bond acceptors (Lipinski definition) is 10. The number of imide groups is 1. The van der Waals surface area contributed by atoms with Crippen molar-refractivity contribution in [2.45, 2.75) is 92.7 Å². The molecule has 0 saturated carbocycles. The Balaban J connectivity index is 1.98. The van der Waals surface area contributed by atoms with E-state index >= 15 is 0 Å². The molecular weight excluding hydrogens is 694 g/mol. The fourth-order valence-corrected chi connectivity index (χ4v) is 5.37. The third kappa shape index (κ3) is 15.9. The minimum Gasteiger partial charge on any atom is -0.460 e. The van der Waals surface area contributed by atoms with Crippen LogP contribution in [-0.4, -0.2) is 84.8 Å². The molecule has 1 aromatic rings. The van der Waals surface area contributed by atoms with Gasteiger partial charge >= 0.3 is 5.97 Å². The van der Waals surface area contributed by atoms with Crippen molar-refractivity contribution in [2.75, 3.05) is 30.8 Å². The molecule has 286 valence electrons. The third-order valence-electron chi connectivity index (χ3n) is 7.91. The van der Waals surface area contributed by atoms with Gasteiger partial charge in [-0.3, -0.25) is 38.2 Å². The summed E-state index contributed by atoms with van der Waals surface area (Å²) in [7, 11) is -4.08. The molecule has 0 unspecified atom stereocenters. The maximum Gasteiger partial charge on any atom is 0.311 e. The average Bonchev–Trinajstić information content (AvgIpc) is 3.37. The van der Waals surface area contributed by atoms with E-state index in [0.29, 0.717) is 36.1 Å². The van der Waals surface area contributed by atoms with Gasteiger partial charge in [-0.2, -0.15) is 8.42 Å². The number of unbranched alkanes of at least 4 members (excludes halogenated alkanes) is 2. The zero-order chi connectivity index (χ0) is 39.1. The van der Waals surface area contributed by atoms with Crippen molar-refractivity contribution in [1.29, 1.82) is 0 Å². The highest BCUT2D eigenvalue weighted by Crippen LogP contribution is 2.21. The number of carbonyl (C=O) groups is 6. The molecule has 0 aliphatic carbocycles. The summed E-state index contributed by atoms with van der Waals surface area (Å²) >= 11 is 0. The lowest BCUT2D eigenvalue weighted by Crippen LogP contribution is -2.45. The molecular formula is C37H51N3O11S. The van der Waals surface area contributed by atoms with Gasteiger partial charge < -0.3 is 20.1 Å². The van der Waals surface area contributed by atoms with Crippen molar-refractivity contribution < 1.29 is 51.2 Å². The molecule has 1 aliphatic rings. The Labute approximate surface area is 306 Å². The summed E-state index contributed by atoms with van der Waals surface area (Å²) in [6, 6.07) is 4.09. The first-order valence-electron chi connectivity index (χ1n) is 17.3. The van der Waals surface area contributed by atoms with E-state index in [2.05, 4.69) is 22.5 Å². The number of carbonyl (C=O) groups excluding carboxylic acids is 6. The predicted octanol–water partition coefficient (Wildman–Crippen LogP) is 3.58. The first-order valence-corrected chi connectivity index (χ1v) is 18.9. The molecule has 52 heavy (non-hydrogen) atoms. The number of nitrogens with zero attached hydrogens (tertiary/aromatic N) is 1. The fraction of sp³-hybridized carbons (Fsp3) is 0.568. The Kier molecular flexibility index (Phi) is 17.3. The topological polar surface area (TPSA) is 203 Å². The van der Waals surface area contributed by atoms with Crippen molar-refractivity contribution in [3.8, 4) is 11.8 Å². The highest BCUT2D eigenvalue weighted by atomic mass is 32.2. The number of amides is 4.